The molecule has 0 unspecified atom stereocenters. The van der Waals surface area contributed by atoms with Gasteiger partial charge in [0.05, 0.1) is 19.3 Å². The number of carbonyl (C=O) groups is 1. The Bertz CT molecular complexity index is 700. The molecule has 1 amide bonds. The summed E-state index contributed by atoms with van der Waals surface area (Å²) in [6.07, 6.45) is 0.398. The number of furan rings is 1. The van der Waals surface area contributed by atoms with Crippen LogP contribution in [0.25, 0.3) is 0 Å². The summed E-state index contributed by atoms with van der Waals surface area (Å²) in [6, 6.07) is 9.69. The number of hydrogen-bond acceptors (Lipinski definition) is 4. The van der Waals surface area contributed by atoms with Gasteiger partial charge < -0.3 is 18.8 Å². The highest BCUT2D eigenvalue weighted by Gasteiger charge is 2.27. The largest absolute Gasteiger partial charge is 0.465 e. The highest BCUT2D eigenvalue weighted by atomic mass is 19.1. The van der Waals surface area contributed by atoms with Gasteiger partial charge in [-0.2, -0.15) is 0 Å². The van der Waals surface area contributed by atoms with Crippen LogP contribution in [0.15, 0.2) is 40.8 Å². The highest BCUT2D eigenvalue weighted by molar-refractivity contribution is 5.91. The molecule has 0 N–H and O–H groups in total. The molecule has 1 aromatic carbocycles. The second kappa shape index (κ2) is 7.49. The molecule has 24 heavy (non-hydrogen) atoms. The van der Waals surface area contributed by atoms with Crippen molar-refractivity contribution in [3.05, 3.63) is 53.5 Å². The van der Waals surface area contributed by atoms with E-state index in [4.69, 9.17) is 13.9 Å². The SMILES string of the molecule is CCOc1ccc(C(=O)N2CCO[C@H](Cc3cccc(F)c3)C2)o1. The number of halogens is 1. The van der Waals surface area contributed by atoms with Gasteiger partial charge in [0.25, 0.3) is 11.9 Å². The number of ether oxygens (including phenoxy) is 2. The standard InChI is InChI=1S/C18H20FNO4/c1-2-22-17-7-6-16(24-17)18(21)20-8-9-23-15(12-20)11-13-4-3-5-14(19)10-13/h3-7,10,15H,2,8-9,11-12H2,1H3/t15-/m1/s1. The fourth-order valence-corrected chi connectivity index (χ4v) is 2.76. The zero-order chi connectivity index (χ0) is 16.9. The van der Waals surface area contributed by atoms with E-state index in [0.717, 1.165) is 5.56 Å². The van der Waals surface area contributed by atoms with E-state index in [-0.39, 0.29) is 23.6 Å². The van der Waals surface area contributed by atoms with E-state index in [1.165, 1.54) is 12.1 Å². The maximum atomic E-state index is 13.3. The molecule has 3 rings (SSSR count). The lowest BCUT2D eigenvalue weighted by Crippen LogP contribution is -2.46. The van der Waals surface area contributed by atoms with E-state index in [9.17, 15) is 9.18 Å². The minimum absolute atomic E-state index is 0.161. The Hall–Kier alpha value is -2.34. The minimum atomic E-state index is -0.268. The zero-order valence-electron chi connectivity index (χ0n) is 13.5. The monoisotopic (exact) mass is 333 g/mol. The lowest BCUT2D eigenvalue weighted by atomic mass is 10.1. The quantitative estimate of drug-likeness (QED) is 0.844. The van der Waals surface area contributed by atoms with Gasteiger partial charge in [-0.1, -0.05) is 12.1 Å². The molecular weight excluding hydrogens is 313 g/mol. The number of nitrogens with zero attached hydrogens (tertiary/aromatic N) is 1. The summed E-state index contributed by atoms with van der Waals surface area (Å²) in [6.45, 7) is 3.73. The summed E-state index contributed by atoms with van der Waals surface area (Å²) in [5.41, 5.74) is 0.853. The number of morpholine rings is 1. The molecule has 1 aliphatic heterocycles. The normalized spacial score (nSPS) is 17.8. The van der Waals surface area contributed by atoms with Gasteiger partial charge in [-0.3, -0.25) is 4.79 Å². The Morgan fingerprint density at radius 3 is 3.04 bits per heavy atom. The number of hydrogen-bond donors (Lipinski definition) is 0. The van der Waals surface area contributed by atoms with Crippen molar-refractivity contribution in [2.45, 2.75) is 19.4 Å². The van der Waals surface area contributed by atoms with Crippen LogP contribution in [0.4, 0.5) is 4.39 Å². The Kier molecular flexibility index (Phi) is 5.15. The molecule has 1 aromatic heterocycles. The zero-order valence-corrected chi connectivity index (χ0v) is 13.5. The fraction of sp³-hybridized carbons (Fsp3) is 0.389. The van der Waals surface area contributed by atoms with Gasteiger partial charge in [0.15, 0.2) is 5.76 Å². The van der Waals surface area contributed by atoms with Crippen LogP contribution in [0, 0.1) is 5.82 Å². The van der Waals surface area contributed by atoms with Crippen LogP contribution in [0.2, 0.25) is 0 Å². The molecule has 0 bridgehead atoms. The van der Waals surface area contributed by atoms with Gasteiger partial charge in [-0.05, 0) is 30.7 Å². The van der Waals surface area contributed by atoms with E-state index in [1.807, 2.05) is 13.0 Å². The van der Waals surface area contributed by atoms with Crippen molar-refractivity contribution in [3.63, 3.8) is 0 Å². The summed E-state index contributed by atoms with van der Waals surface area (Å²) in [5, 5.41) is 0. The third-order valence-electron chi connectivity index (χ3n) is 3.86. The van der Waals surface area contributed by atoms with Gasteiger partial charge in [0.2, 0.25) is 0 Å². The van der Waals surface area contributed by atoms with Gasteiger partial charge in [0, 0.05) is 25.6 Å². The van der Waals surface area contributed by atoms with Gasteiger partial charge in [0.1, 0.15) is 5.82 Å². The van der Waals surface area contributed by atoms with Gasteiger partial charge >= 0.3 is 0 Å². The summed E-state index contributed by atoms with van der Waals surface area (Å²) in [4.78, 5) is 14.2. The third-order valence-corrected chi connectivity index (χ3v) is 3.86. The molecule has 5 nitrogen and oxygen atoms in total. The van der Waals surface area contributed by atoms with Gasteiger partial charge in [-0.25, -0.2) is 4.39 Å². The second-order valence-corrected chi connectivity index (χ2v) is 5.63. The van der Waals surface area contributed by atoms with Crippen LogP contribution in [-0.4, -0.2) is 43.2 Å². The summed E-state index contributed by atoms with van der Waals surface area (Å²) >= 11 is 0. The average Bonchev–Trinajstić information content (AvgIpc) is 3.03. The Balaban J connectivity index is 1.63. The Morgan fingerprint density at radius 1 is 1.38 bits per heavy atom. The molecule has 0 aliphatic carbocycles. The topological polar surface area (TPSA) is 51.9 Å². The van der Waals surface area contributed by atoms with Crippen LogP contribution >= 0.6 is 0 Å². The van der Waals surface area contributed by atoms with Crippen molar-refractivity contribution in [1.82, 2.24) is 4.90 Å². The van der Waals surface area contributed by atoms with Crippen LogP contribution in [0.3, 0.4) is 0 Å². The molecule has 0 radical (unpaired) electrons. The molecule has 128 valence electrons. The lowest BCUT2D eigenvalue weighted by molar-refractivity contribution is -0.0219. The van der Waals surface area contributed by atoms with Crippen molar-refractivity contribution in [3.8, 4) is 5.95 Å². The van der Waals surface area contributed by atoms with E-state index in [2.05, 4.69) is 0 Å². The fourth-order valence-electron chi connectivity index (χ4n) is 2.76. The predicted molar refractivity (Wildman–Crippen MR) is 85.6 cm³/mol. The predicted octanol–water partition coefficient (Wildman–Crippen LogP) is 2.90. The van der Waals surface area contributed by atoms with Crippen LogP contribution in [0.5, 0.6) is 5.95 Å². The molecule has 1 saturated heterocycles. The first kappa shape index (κ1) is 16.5. The molecule has 0 saturated carbocycles. The summed E-state index contributed by atoms with van der Waals surface area (Å²) < 4.78 is 29.6. The summed E-state index contributed by atoms with van der Waals surface area (Å²) in [5.74, 6) is 0.138. The van der Waals surface area contributed by atoms with Crippen LogP contribution in [0.1, 0.15) is 23.0 Å². The van der Waals surface area contributed by atoms with Crippen molar-refractivity contribution in [2.75, 3.05) is 26.3 Å². The number of carbonyl (C=O) groups excluding carboxylic acids is 1. The van der Waals surface area contributed by atoms with Crippen molar-refractivity contribution in [2.24, 2.45) is 0 Å². The Labute approximate surface area is 140 Å². The summed E-state index contributed by atoms with van der Waals surface area (Å²) in [7, 11) is 0. The molecule has 0 spiro atoms. The van der Waals surface area contributed by atoms with Gasteiger partial charge in [-0.15, -0.1) is 0 Å². The minimum Gasteiger partial charge on any atom is -0.465 e. The van der Waals surface area contributed by atoms with E-state index in [1.54, 1.807) is 23.1 Å². The number of rotatable bonds is 5. The Morgan fingerprint density at radius 2 is 2.25 bits per heavy atom. The van der Waals surface area contributed by atoms with Crippen LogP contribution < -0.4 is 4.74 Å². The number of benzene rings is 1. The first-order valence-corrected chi connectivity index (χ1v) is 8.03. The van der Waals surface area contributed by atoms with E-state index in [0.29, 0.717) is 38.7 Å². The molecular formula is C18H20FNO4. The average molecular weight is 333 g/mol. The molecule has 2 heterocycles. The third kappa shape index (κ3) is 3.94. The molecule has 1 atom stereocenters. The smallest absolute Gasteiger partial charge is 0.289 e. The maximum absolute atomic E-state index is 13.3. The van der Waals surface area contributed by atoms with Crippen LogP contribution in [-0.2, 0) is 11.2 Å². The molecule has 6 heteroatoms. The van der Waals surface area contributed by atoms with E-state index >= 15 is 0 Å². The highest BCUT2D eigenvalue weighted by Crippen LogP contribution is 2.20. The molecule has 2 aromatic rings. The first-order valence-electron chi connectivity index (χ1n) is 8.03. The second-order valence-electron chi connectivity index (χ2n) is 5.63. The number of amides is 1. The molecule has 1 aliphatic rings. The van der Waals surface area contributed by atoms with Crippen molar-refractivity contribution >= 4 is 5.91 Å². The van der Waals surface area contributed by atoms with E-state index < -0.39 is 0 Å². The van der Waals surface area contributed by atoms with Crippen molar-refractivity contribution < 1.29 is 23.1 Å². The molecule has 1 fully saturated rings. The lowest BCUT2D eigenvalue weighted by Gasteiger charge is -2.32. The first-order chi connectivity index (χ1) is 11.7. The van der Waals surface area contributed by atoms with Crippen molar-refractivity contribution in [1.29, 1.82) is 0 Å². The maximum Gasteiger partial charge on any atom is 0.289 e.